The molecule has 0 radical (unpaired) electrons. The first kappa shape index (κ1) is 15.4. The van der Waals surface area contributed by atoms with Gasteiger partial charge in [0.2, 0.25) is 10.0 Å². The highest BCUT2D eigenvalue weighted by molar-refractivity contribution is 7.89. The van der Waals surface area contributed by atoms with Gasteiger partial charge in [-0.05, 0) is 13.0 Å². The molecule has 112 valence electrons. The molecule has 8 heteroatoms. The van der Waals surface area contributed by atoms with E-state index in [9.17, 15) is 8.42 Å². The van der Waals surface area contributed by atoms with Crippen molar-refractivity contribution in [1.82, 2.24) is 10.0 Å². The monoisotopic (exact) mass is 320 g/mol. The molecule has 1 heterocycles. The maximum absolute atomic E-state index is 12.4. The third-order valence-corrected chi connectivity index (χ3v) is 5.09. The van der Waals surface area contributed by atoms with Gasteiger partial charge in [0.25, 0.3) is 0 Å². The van der Waals surface area contributed by atoms with Crippen LogP contribution in [0.5, 0.6) is 11.5 Å². The Balaban J connectivity index is 2.35. The Morgan fingerprint density at radius 1 is 1.30 bits per heavy atom. The van der Waals surface area contributed by atoms with E-state index in [0.29, 0.717) is 18.0 Å². The molecule has 0 aliphatic carbocycles. The van der Waals surface area contributed by atoms with Crippen molar-refractivity contribution in [2.45, 2.75) is 17.4 Å². The lowest BCUT2D eigenvalue weighted by Crippen LogP contribution is -2.36. The van der Waals surface area contributed by atoms with Crippen LogP contribution in [0.1, 0.15) is 6.42 Å². The fraction of sp³-hybridized carbons (Fsp3) is 0.500. The zero-order valence-electron chi connectivity index (χ0n) is 11.3. The van der Waals surface area contributed by atoms with Gasteiger partial charge in [-0.1, -0.05) is 11.6 Å². The highest BCUT2D eigenvalue weighted by Crippen LogP contribution is 2.35. The Labute approximate surface area is 123 Å². The maximum atomic E-state index is 12.4. The summed E-state index contributed by atoms with van der Waals surface area (Å²) >= 11 is 6.04. The van der Waals surface area contributed by atoms with Crippen LogP contribution in [0.15, 0.2) is 17.0 Å². The Hall–Kier alpha value is -1.02. The molecule has 20 heavy (non-hydrogen) atoms. The van der Waals surface area contributed by atoms with Crippen molar-refractivity contribution < 1.29 is 17.9 Å². The first-order valence-corrected chi connectivity index (χ1v) is 7.98. The lowest BCUT2D eigenvalue weighted by Gasteiger charge is -2.15. The van der Waals surface area contributed by atoms with Crippen LogP contribution >= 0.6 is 11.6 Å². The molecule has 1 unspecified atom stereocenters. The van der Waals surface area contributed by atoms with Crippen molar-refractivity contribution >= 4 is 21.6 Å². The second-order valence-electron chi connectivity index (χ2n) is 4.45. The smallest absolute Gasteiger partial charge is 0.242 e. The molecule has 0 spiro atoms. The third kappa shape index (κ3) is 3.17. The minimum absolute atomic E-state index is 0.0104. The Morgan fingerprint density at radius 2 is 1.95 bits per heavy atom. The molecule has 2 rings (SSSR count). The van der Waals surface area contributed by atoms with Crippen LogP contribution < -0.4 is 19.5 Å². The van der Waals surface area contributed by atoms with Crippen molar-refractivity contribution in [1.29, 1.82) is 0 Å². The first-order chi connectivity index (χ1) is 9.47. The van der Waals surface area contributed by atoms with Crippen molar-refractivity contribution in [2.24, 2.45) is 0 Å². The average molecular weight is 321 g/mol. The summed E-state index contributed by atoms with van der Waals surface area (Å²) in [7, 11) is -0.785. The number of nitrogens with one attached hydrogen (secondary N) is 2. The van der Waals surface area contributed by atoms with Crippen molar-refractivity contribution in [3.05, 3.63) is 17.2 Å². The molecule has 1 aliphatic rings. The number of sulfonamides is 1. The van der Waals surface area contributed by atoms with E-state index in [-0.39, 0.29) is 16.0 Å². The second-order valence-corrected chi connectivity index (χ2v) is 6.54. The van der Waals surface area contributed by atoms with Crippen molar-refractivity contribution in [3.63, 3.8) is 0 Å². The van der Waals surface area contributed by atoms with E-state index >= 15 is 0 Å². The zero-order chi connectivity index (χ0) is 14.8. The van der Waals surface area contributed by atoms with Crippen LogP contribution in [0, 0.1) is 0 Å². The summed E-state index contributed by atoms with van der Waals surface area (Å²) in [5, 5.41) is 3.20. The number of ether oxygens (including phenoxy) is 2. The molecule has 1 saturated heterocycles. The van der Waals surface area contributed by atoms with E-state index in [1.807, 2.05) is 0 Å². The number of hydrogen-bond donors (Lipinski definition) is 2. The van der Waals surface area contributed by atoms with E-state index in [0.717, 1.165) is 13.0 Å². The maximum Gasteiger partial charge on any atom is 0.242 e. The molecular weight excluding hydrogens is 304 g/mol. The standard InChI is InChI=1S/C12H17ClN2O4S/c1-18-10-5-9(13)12(6-11(10)19-2)20(16,17)15-8-3-4-14-7-8/h5-6,8,14-15H,3-4,7H2,1-2H3. The number of benzene rings is 1. The number of halogens is 1. The number of rotatable bonds is 5. The molecule has 1 aromatic carbocycles. The predicted molar refractivity (Wildman–Crippen MR) is 76.2 cm³/mol. The molecular formula is C12H17ClN2O4S. The van der Waals surface area contributed by atoms with E-state index in [4.69, 9.17) is 21.1 Å². The van der Waals surface area contributed by atoms with Crippen LogP contribution in [0.3, 0.4) is 0 Å². The van der Waals surface area contributed by atoms with Crippen molar-refractivity contribution in [2.75, 3.05) is 27.3 Å². The Bertz CT molecular complexity index is 585. The molecule has 2 N–H and O–H groups in total. The summed E-state index contributed by atoms with van der Waals surface area (Å²) in [5.41, 5.74) is 0. The highest BCUT2D eigenvalue weighted by atomic mass is 35.5. The summed E-state index contributed by atoms with van der Waals surface area (Å²) in [4.78, 5) is -0.0104. The molecule has 0 aromatic heterocycles. The molecule has 1 aliphatic heterocycles. The van der Waals surface area contributed by atoms with Gasteiger partial charge in [0.05, 0.1) is 19.2 Å². The van der Waals surface area contributed by atoms with Crippen LogP contribution in [0.4, 0.5) is 0 Å². The van der Waals surface area contributed by atoms with Gasteiger partial charge in [0.15, 0.2) is 11.5 Å². The van der Waals surface area contributed by atoms with Gasteiger partial charge in [-0.2, -0.15) is 0 Å². The van der Waals surface area contributed by atoms with E-state index in [1.165, 1.54) is 26.4 Å². The predicted octanol–water partition coefficient (Wildman–Crippen LogP) is 0.997. The van der Waals surface area contributed by atoms with Gasteiger partial charge < -0.3 is 14.8 Å². The van der Waals surface area contributed by atoms with Crippen LogP contribution in [-0.2, 0) is 10.0 Å². The second kappa shape index (κ2) is 6.17. The normalized spacial score (nSPS) is 19.1. The molecule has 0 saturated carbocycles. The minimum Gasteiger partial charge on any atom is -0.493 e. The van der Waals surface area contributed by atoms with Crippen LogP contribution in [0.25, 0.3) is 0 Å². The molecule has 0 amide bonds. The lowest BCUT2D eigenvalue weighted by atomic mass is 10.3. The molecule has 1 fully saturated rings. The third-order valence-electron chi connectivity index (χ3n) is 3.11. The molecule has 0 bridgehead atoms. The topological polar surface area (TPSA) is 76.7 Å². The van der Waals surface area contributed by atoms with E-state index in [2.05, 4.69) is 10.0 Å². The van der Waals surface area contributed by atoms with Gasteiger partial charge in [0, 0.05) is 24.7 Å². The van der Waals surface area contributed by atoms with Crippen molar-refractivity contribution in [3.8, 4) is 11.5 Å². The largest absolute Gasteiger partial charge is 0.493 e. The fourth-order valence-corrected chi connectivity index (χ4v) is 3.88. The zero-order valence-corrected chi connectivity index (χ0v) is 12.8. The number of methoxy groups -OCH3 is 2. The quantitative estimate of drug-likeness (QED) is 0.846. The van der Waals surface area contributed by atoms with Gasteiger partial charge in [-0.15, -0.1) is 0 Å². The molecule has 1 atom stereocenters. The SMILES string of the molecule is COc1cc(Cl)c(S(=O)(=O)NC2CCNC2)cc1OC. The van der Waals surface area contributed by atoms with Crippen LogP contribution in [0.2, 0.25) is 5.02 Å². The Kier molecular flexibility index (Phi) is 4.74. The Morgan fingerprint density at radius 3 is 2.50 bits per heavy atom. The van der Waals surface area contributed by atoms with E-state index in [1.54, 1.807) is 0 Å². The summed E-state index contributed by atoms with van der Waals surface area (Å²) in [6, 6.07) is 2.68. The minimum atomic E-state index is -3.69. The molecule has 6 nitrogen and oxygen atoms in total. The number of hydrogen-bond acceptors (Lipinski definition) is 5. The van der Waals surface area contributed by atoms with Crippen LogP contribution in [-0.4, -0.2) is 41.8 Å². The summed E-state index contributed by atoms with van der Waals surface area (Å²) in [6.45, 7) is 1.41. The van der Waals surface area contributed by atoms with Gasteiger partial charge in [0.1, 0.15) is 4.90 Å². The lowest BCUT2D eigenvalue weighted by molar-refractivity contribution is 0.354. The average Bonchev–Trinajstić information content (AvgIpc) is 2.90. The van der Waals surface area contributed by atoms with Gasteiger partial charge >= 0.3 is 0 Å². The summed E-state index contributed by atoms with van der Waals surface area (Å²) < 4.78 is 37.5. The first-order valence-electron chi connectivity index (χ1n) is 6.12. The molecule has 1 aromatic rings. The fourth-order valence-electron chi connectivity index (χ4n) is 2.08. The highest BCUT2D eigenvalue weighted by Gasteiger charge is 2.26. The van der Waals surface area contributed by atoms with Gasteiger partial charge in [-0.25, -0.2) is 13.1 Å². The van der Waals surface area contributed by atoms with E-state index < -0.39 is 10.0 Å². The van der Waals surface area contributed by atoms with Gasteiger partial charge in [-0.3, -0.25) is 0 Å². The summed E-state index contributed by atoms with van der Waals surface area (Å²) in [6.07, 6.45) is 0.754. The summed E-state index contributed by atoms with van der Waals surface area (Å²) in [5.74, 6) is 0.709.